The smallest absolute Gasteiger partial charge is 0.182 e. The predicted molar refractivity (Wildman–Crippen MR) is 47.8 cm³/mol. The Morgan fingerprint density at radius 3 is 2.77 bits per heavy atom. The SMILES string of the molecule is B[C@@H]1O[C@H](CO)C(O)[C@]1(F)C=C=C. The molecule has 0 aliphatic carbocycles. The van der Waals surface area contributed by atoms with Crippen LogP contribution in [0.25, 0.3) is 0 Å². The zero-order chi connectivity index (χ0) is 10.1. The number of hydrogen-bond acceptors (Lipinski definition) is 3. The standard InChI is InChI=1S/C8H12BFO3/c1-2-3-8(10)6(12)5(4-11)13-7(8)9/h3,5-7,11-12H,1,4,9H2/t5-,6?,7-,8-/m1/s1. The predicted octanol–water partition coefficient (Wildman–Crippen LogP) is -1.25. The van der Waals surface area contributed by atoms with E-state index in [9.17, 15) is 9.50 Å². The highest BCUT2D eigenvalue weighted by Crippen LogP contribution is 2.34. The molecule has 0 amide bonds. The molecule has 0 aromatic carbocycles. The van der Waals surface area contributed by atoms with E-state index >= 15 is 0 Å². The Bertz CT molecular complexity index is 242. The lowest BCUT2D eigenvalue weighted by molar-refractivity contribution is -0.00855. The molecule has 0 radical (unpaired) electrons. The summed E-state index contributed by atoms with van der Waals surface area (Å²) in [7, 11) is 1.49. The second kappa shape index (κ2) is 3.64. The van der Waals surface area contributed by atoms with Crippen molar-refractivity contribution in [2.24, 2.45) is 0 Å². The Balaban J connectivity index is 2.91. The van der Waals surface area contributed by atoms with Gasteiger partial charge >= 0.3 is 0 Å². The van der Waals surface area contributed by atoms with Gasteiger partial charge in [0, 0.05) is 0 Å². The largest absolute Gasteiger partial charge is 0.394 e. The van der Waals surface area contributed by atoms with Crippen LogP contribution in [0.5, 0.6) is 0 Å². The van der Waals surface area contributed by atoms with E-state index in [4.69, 9.17) is 9.84 Å². The third-order valence-electron chi connectivity index (χ3n) is 2.31. The Labute approximate surface area is 76.9 Å². The fourth-order valence-electron chi connectivity index (χ4n) is 1.47. The average Bonchev–Trinajstić information content (AvgIpc) is 2.31. The molecule has 0 spiro atoms. The van der Waals surface area contributed by atoms with Crippen LogP contribution in [0, 0.1) is 0 Å². The first-order valence-electron chi connectivity index (χ1n) is 4.06. The van der Waals surface area contributed by atoms with E-state index in [2.05, 4.69) is 12.3 Å². The molecule has 1 aliphatic heterocycles. The Hall–Kier alpha value is -0.605. The van der Waals surface area contributed by atoms with E-state index in [1.54, 1.807) is 0 Å². The highest BCUT2D eigenvalue weighted by Gasteiger charge is 2.53. The number of halogens is 1. The molecule has 13 heavy (non-hydrogen) atoms. The molecule has 1 heterocycles. The van der Waals surface area contributed by atoms with Crippen LogP contribution in [-0.2, 0) is 4.74 Å². The van der Waals surface area contributed by atoms with Gasteiger partial charge in [0.05, 0.1) is 12.6 Å². The Morgan fingerprint density at radius 2 is 2.38 bits per heavy atom. The Morgan fingerprint density at radius 1 is 1.77 bits per heavy atom. The van der Waals surface area contributed by atoms with Gasteiger partial charge in [0.2, 0.25) is 0 Å². The van der Waals surface area contributed by atoms with Gasteiger partial charge < -0.3 is 14.9 Å². The van der Waals surface area contributed by atoms with Crippen molar-refractivity contribution >= 4 is 7.85 Å². The summed E-state index contributed by atoms with van der Waals surface area (Å²) in [5, 5.41) is 18.2. The second-order valence-electron chi connectivity index (χ2n) is 3.12. The van der Waals surface area contributed by atoms with Crippen LogP contribution in [0.2, 0.25) is 0 Å². The topological polar surface area (TPSA) is 49.7 Å². The van der Waals surface area contributed by atoms with Crippen molar-refractivity contribution in [3.8, 4) is 0 Å². The van der Waals surface area contributed by atoms with Gasteiger partial charge in [-0.25, -0.2) is 4.39 Å². The number of aliphatic hydroxyl groups excluding tert-OH is 2. The number of ether oxygens (including phenoxy) is 1. The van der Waals surface area contributed by atoms with Crippen LogP contribution >= 0.6 is 0 Å². The number of aliphatic hydroxyl groups is 2. The lowest BCUT2D eigenvalue weighted by Gasteiger charge is -2.21. The van der Waals surface area contributed by atoms with Crippen LogP contribution in [0.4, 0.5) is 4.39 Å². The molecular formula is C8H12BFO3. The van der Waals surface area contributed by atoms with Crippen LogP contribution < -0.4 is 0 Å². The normalized spacial score (nSPS) is 44.4. The van der Waals surface area contributed by atoms with E-state index in [-0.39, 0.29) is 0 Å². The van der Waals surface area contributed by atoms with Crippen molar-refractivity contribution in [1.29, 1.82) is 0 Å². The second-order valence-corrected chi connectivity index (χ2v) is 3.12. The lowest BCUT2D eigenvalue weighted by atomic mass is 9.82. The Kier molecular flexibility index (Phi) is 2.93. The van der Waals surface area contributed by atoms with E-state index in [1.807, 2.05) is 0 Å². The maximum Gasteiger partial charge on any atom is 0.182 e. The third kappa shape index (κ3) is 1.56. The summed E-state index contributed by atoms with van der Waals surface area (Å²) < 4.78 is 18.9. The average molecular weight is 186 g/mol. The minimum Gasteiger partial charge on any atom is -0.394 e. The quantitative estimate of drug-likeness (QED) is 0.418. The van der Waals surface area contributed by atoms with Crippen molar-refractivity contribution in [3.05, 3.63) is 18.4 Å². The van der Waals surface area contributed by atoms with Crippen LogP contribution in [0.15, 0.2) is 18.4 Å². The fourth-order valence-corrected chi connectivity index (χ4v) is 1.47. The van der Waals surface area contributed by atoms with Gasteiger partial charge in [0.15, 0.2) is 5.67 Å². The fraction of sp³-hybridized carbons (Fsp3) is 0.625. The first-order chi connectivity index (χ1) is 6.06. The molecule has 2 N–H and O–H groups in total. The summed E-state index contributed by atoms with van der Waals surface area (Å²) in [6, 6.07) is -0.797. The minimum absolute atomic E-state index is 0.401. The van der Waals surface area contributed by atoms with E-state index in [0.717, 1.165) is 6.08 Å². The maximum absolute atomic E-state index is 13.9. The molecule has 0 saturated carbocycles. The number of rotatable bonds is 2. The highest BCUT2D eigenvalue weighted by atomic mass is 19.1. The first-order valence-corrected chi connectivity index (χ1v) is 4.06. The van der Waals surface area contributed by atoms with E-state index in [1.165, 1.54) is 7.85 Å². The lowest BCUT2D eigenvalue weighted by Crippen LogP contribution is -2.43. The maximum atomic E-state index is 13.9. The van der Waals surface area contributed by atoms with Crippen LogP contribution in [-0.4, -0.2) is 48.5 Å². The third-order valence-corrected chi connectivity index (χ3v) is 2.31. The summed E-state index contributed by atoms with van der Waals surface area (Å²) in [4.78, 5) is 0. The highest BCUT2D eigenvalue weighted by molar-refractivity contribution is 6.12. The van der Waals surface area contributed by atoms with Gasteiger partial charge in [-0.1, -0.05) is 6.58 Å². The van der Waals surface area contributed by atoms with E-state index < -0.39 is 30.5 Å². The molecule has 0 bridgehead atoms. The van der Waals surface area contributed by atoms with Gasteiger partial charge in [0.25, 0.3) is 0 Å². The van der Waals surface area contributed by atoms with Gasteiger partial charge in [-0.3, -0.25) is 0 Å². The van der Waals surface area contributed by atoms with Crippen molar-refractivity contribution in [3.63, 3.8) is 0 Å². The molecular weight excluding hydrogens is 174 g/mol. The first kappa shape index (κ1) is 10.5. The number of alkyl halides is 1. The molecule has 1 rings (SSSR count). The van der Waals surface area contributed by atoms with E-state index in [0.29, 0.717) is 0 Å². The zero-order valence-corrected chi connectivity index (χ0v) is 7.40. The molecule has 4 atom stereocenters. The van der Waals surface area contributed by atoms with Gasteiger partial charge in [-0.2, -0.15) is 0 Å². The summed E-state index contributed by atoms with van der Waals surface area (Å²) in [5.41, 5.74) is 0.293. The summed E-state index contributed by atoms with van der Waals surface area (Å²) in [6.07, 6.45) is -1.19. The molecule has 1 fully saturated rings. The summed E-state index contributed by atoms with van der Waals surface area (Å²) in [5.74, 6) is 0. The zero-order valence-electron chi connectivity index (χ0n) is 7.40. The number of hydrogen-bond donors (Lipinski definition) is 2. The summed E-state index contributed by atoms with van der Waals surface area (Å²) >= 11 is 0. The molecule has 0 aromatic heterocycles. The van der Waals surface area contributed by atoms with Gasteiger partial charge in [-0.05, 0) is 6.08 Å². The van der Waals surface area contributed by atoms with Crippen molar-refractivity contribution in [2.75, 3.05) is 6.61 Å². The van der Waals surface area contributed by atoms with Crippen LogP contribution in [0.3, 0.4) is 0 Å². The molecule has 1 unspecified atom stereocenters. The molecule has 1 saturated heterocycles. The molecule has 72 valence electrons. The molecule has 1 aliphatic rings. The van der Waals surface area contributed by atoms with Crippen molar-refractivity contribution < 1.29 is 19.3 Å². The summed E-state index contributed by atoms with van der Waals surface area (Å²) in [6.45, 7) is 2.84. The monoisotopic (exact) mass is 186 g/mol. The molecule has 3 nitrogen and oxygen atoms in total. The van der Waals surface area contributed by atoms with Gasteiger partial charge in [-0.15, -0.1) is 5.73 Å². The van der Waals surface area contributed by atoms with Crippen LogP contribution in [0.1, 0.15) is 0 Å². The van der Waals surface area contributed by atoms with Crippen molar-refractivity contribution in [2.45, 2.75) is 23.9 Å². The minimum atomic E-state index is -1.99. The molecule has 5 heteroatoms. The van der Waals surface area contributed by atoms with Crippen molar-refractivity contribution in [1.82, 2.24) is 0 Å². The van der Waals surface area contributed by atoms with Gasteiger partial charge in [0.1, 0.15) is 20.1 Å². The molecule has 0 aromatic rings.